The Hall–Kier alpha value is -0.570. The summed E-state index contributed by atoms with van der Waals surface area (Å²) in [6.07, 6.45) is 7.46. The Balaban J connectivity index is 4.29. The Morgan fingerprint density at radius 2 is 1.71 bits per heavy atom. The lowest BCUT2D eigenvalue weighted by molar-refractivity contribution is -0.150. The van der Waals surface area contributed by atoms with Crippen LogP contribution in [0.1, 0.15) is 65.7 Å². The second kappa shape index (κ2) is 8.51. The van der Waals surface area contributed by atoms with Gasteiger partial charge in [-0.2, -0.15) is 0 Å². The van der Waals surface area contributed by atoms with E-state index < -0.39 is 11.5 Å². The highest BCUT2D eigenvalue weighted by atomic mass is 16.4. The fraction of sp³-hybridized carbons (Fsp3) is 0.929. The minimum atomic E-state index is -0.692. The van der Waals surface area contributed by atoms with E-state index in [4.69, 9.17) is 0 Å². The van der Waals surface area contributed by atoms with Crippen molar-refractivity contribution in [2.75, 3.05) is 13.6 Å². The molecule has 0 aromatic rings. The summed E-state index contributed by atoms with van der Waals surface area (Å²) in [5, 5.41) is 9.42. The van der Waals surface area contributed by atoms with Crippen LogP contribution < -0.4 is 0 Å². The molecular formula is C14H29NO2. The zero-order valence-electron chi connectivity index (χ0n) is 12.0. The van der Waals surface area contributed by atoms with Crippen LogP contribution in [0.25, 0.3) is 0 Å². The Bertz CT molecular complexity index is 218. The van der Waals surface area contributed by atoms with Crippen LogP contribution in [0.4, 0.5) is 0 Å². The summed E-state index contributed by atoms with van der Waals surface area (Å²) in [5.41, 5.74) is -0.692. The van der Waals surface area contributed by atoms with Crippen molar-refractivity contribution in [3.05, 3.63) is 0 Å². The molecular weight excluding hydrogens is 214 g/mol. The predicted molar refractivity (Wildman–Crippen MR) is 72.3 cm³/mol. The molecule has 0 rings (SSSR count). The molecule has 0 aromatic carbocycles. The fourth-order valence-corrected chi connectivity index (χ4v) is 2.00. The third-order valence-corrected chi connectivity index (χ3v) is 3.67. The quantitative estimate of drug-likeness (QED) is 0.597. The second-order valence-electron chi connectivity index (χ2n) is 5.16. The lowest BCUT2D eigenvalue weighted by Crippen LogP contribution is -2.50. The zero-order chi connectivity index (χ0) is 13.3. The Labute approximate surface area is 106 Å². The standard InChI is InChI=1S/C14H29NO2/c1-5-7-9-10-11-14(3,13(16)17)15(4)12-8-6-2/h5-12H2,1-4H3,(H,16,17). The molecule has 3 nitrogen and oxygen atoms in total. The van der Waals surface area contributed by atoms with Gasteiger partial charge in [-0.15, -0.1) is 0 Å². The molecule has 0 aliphatic rings. The predicted octanol–water partition coefficient (Wildman–Crippen LogP) is 3.53. The van der Waals surface area contributed by atoms with Crippen LogP contribution in [-0.4, -0.2) is 35.1 Å². The molecule has 0 saturated carbocycles. The van der Waals surface area contributed by atoms with E-state index in [0.717, 1.165) is 38.6 Å². The number of rotatable bonds is 10. The molecule has 0 aromatic heterocycles. The molecule has 0 amide bonds. The van der Waals surface area contributed by atoms with E-state index in [2.05, 4.69) is 13.8 Å². The molecule has 1 atom stereocenters. The lowest BCUT2D eigenvalue weighted by atomic mass is 9.92. The third-order valence-electron chi connectivity index (χ3n) is 3.67. The van der Waals surface area contributed by atoms with Gasteiger partial charge in [0.25, 0.3) is 0 Å². The van der Waals surface area contributed by atoms with Gasteiger partial charge in [0.1, 0.15) is 5.54 Å². The number of hydrogen-bond acceptors (Lipinski definition) is 2. The third kappa shape index (κ3) is 5.53. The van der Waals surface area contributed by atoms with Gasteiger partial charge < -0.3 is 5.11 Å². The number of carbonyl (C=O) groups is 1. The van der Waals surface area contributed by atoms with E-state index in [9.17, 15) is 9.90 Å². The molecule has 0 aliphatic carbocycles. The second-order valence-corrected chi connectivity index (χ2v) is 5.16. The maximum Gasteiger partial charge on any atom is 0.323 e. The average molecular weight is 243 g/mol. The van der Waals surface area contributed by atoms with Gasteiger partial charge in [-0.25, -0.2) is 0 Å². The SMILES string of the molecule is CCCCCCC(C)(C(=O)O)N(C)CCCC. The normalized spacial score (nSPS) is 14.9. The van der Waals surface area contributed by atoms with Crippen LogP contribution in [0.3, 0.4) is 0 Å². The molecule has 0 aliphatic heterocycles. The van der Waals surface area contributed by atoms with E-state index in [1.165, 1.54) is 12.8 Å². The number of carboxylic acids is 1. The van der Waals surface area contributed by atoms with Gasteiger partial charge in [0.15, 0.2) is 0 Å². The van der Waals surface area contributed by atoms with Crippen molar-refractivity contribution in [2.24, 2.45) is 0 Å². The number of nitrogens with zero attached hydrogens (tertiary/aromatic N) is 1. The summed E-state index contributed by atoms with van der Waals surface area (Å²) in [6, 6.07) is 0. The topological polar surface area (TPSA) is 40.5 Å². The number of hydrogen-bond donors (Lipinski definition) is 1. The van der Waals surface area contributed by atoms with E-state index in [0.29, 0.717) is 0 Å². The maximum atomic E-state index is 11.4. The Kier molecular flexibility index (Phi) is 8.23. The molecule has 102 valence electrons. The van der Waals surface area contributed by atoms with Gasteiger partial charge in [0.05, 0.1) is 0 Å². The molecule has 0 fully saturated rings. The summed E-state index contributed by atoms with van der Waals surface area (Å²) in [5.74, 6) is -0.687. The summed E-state index contributed by atoms with van der Waals surface area (Å²) in [7, 11) is 1.93. The smallest absolute Gasteiger partial charge is 0.323 e. The van der Waals surface area contributed by atoms with E-state index >= 15 is 0 Å². The Morgan fingerprint density at radius 3 is 2.18 bits per heavy atom. The summed E-state index contributed by atoms with van der Waals surface area (Å²) >= 11 is 0. The molecule has 17 heavy (non-hydrogen) atoms. The average Bonchev–Trinajstić information content (AvgIpc) is 2.30. The fourth-order valence-electron chi connectivity index (χ4n) is 2.00. The van der Waals surface area contributed by atoms with Crippen molar-refractivity contribution >= 4 is 5.97 Å². The number of likely N-dealkylation sites (N-methyl/N-ethyl adjacent to an activating group) is 1. The van der Waals surface area contributed by atoms with Crippen molar-refractivity contribution < 1.29 is 9.90 Å². The highest BCUT2D eigenvalue weighted by Crippen LogP contribution is 2.22. The van der Waals surface area contributed by atoms with Crippen LogP contribution in [0.15, 0.2) is 0 Å². The molecule has 0 radical (unpaired) electrons. The highest BCUT2D eigenvalue weighted by molar-refractivity contribution is 5.78. The molecule has 0 spiro atoms. The van der Waals surface area contributed by atoms with Crippen LogP contribution in [0.5, 0.6) is 0 Å². The number of carboxylic acid groups (broad SMARTS) is 1. The largest absolute Gasteiger partial charge is 0.480 e. The first kappa shape index (κ1) is 16.4. The molecule has 0 saturated heterocycles. The molecule has 0 bridgehead atoms. The molecule has 0 heterocycles. The molecule has 3 heteroatoms. The minimum Gasteiger partial charge on any atom is -0.480 e. The highest BCUT2D eigenvalue weighted by Gasteiger charge is 2.36. The first-order chi connectivity index (χ1) is 7.99. The van der Waals surface area contributed by atoms with Crippen LogP contribution in [-0.2, 0) is 4.79 Å². The Morgan fingerprint density at radius 1 is 1.12 bits per heavy atom. The number of unbranched alkanes of at least 4 members (excludes halogenated alkanes) is 4. The van der Waals surface area contributed by atoms with Crippen molar-refractivity contribution in [1.82, 2.24) is 4.90 Å². The van der Waals surface area contributed by atoms with E-state index in [-0.39, 0.29) is 0 Å². The van der Waals surface area contributed by atoms with Crippen molar-refractivity contribution in [3.63, 3.8) is 0 Å². The summed E-state index contributed by atoms with van der Waals surface area (Å²) in [6.45, 7) is 7.03. The summed E-state index contributed by atoms with van der Waals surface area (Å²) in [4.78, 5) is 13.5. The van der Waals surface area contributed by atoms with Gasteiger partial charge in [-0.1, -0.05) is 46.0 Å². The van der Waals surface area contributed by atoms with Gasteiger partial charge in [0.2, 0.25) is 0 Å². The van der Waals surface area contributed by atoms with Crippen LogP contribution in [0, 0.1) is 0 Å². The first-order valence-electron chi connectivity index (χ1n) is 6.93. The van der Waals surface area contributed by atoms with Gasteiger partial charge >= 0.3 is 5.97 Å². The van der Waals surface area contributed by atoms with Crippen LogP contribution >= 0.6 is 0 Å². The summed E-state index contributed by atoms with van der Waals surface area (Å²) < 4.78 is 0. The minimum absolute atomic E-state index is 0.687. The van der Waals surface area contributed by atoms with Gasteiger partial charge in [-0.05, 0) is 33.4 Å². The zero-order valence-corrected chi connectivity index (χ0v) is 12.0. The molecule has 1 unspecified atom stereocenters. The van der Waals surface area contributed by atoms with Crippen molar-refractivity contribution in [1.29, 1.82) is 0 Å². The van der Waals surface area contributed by atoms with Crippen molar-refractivity contribution in [3.8, 4) is 0 Å². The van der Waals surface area contributed by atoms with E-state index in [1.807, 2.05) is 18.9 Å². The monoisotopic (exact) mass is 243 g/mol. The van der Waals surface area contributed by atoms with Gasteiger partial charge in [0, 0.05) is 0 Å². The maximum absolute atomic E-state index is 11.4. The van der Waals surface area contributed by atoms with Gasteiger partial charge in [-0.3, -0.25) is 9.69 Å². The van der Waals surface area contributed by atoms with E-state index in [1.54, 1.807) is 0 Å². The number of aliphatic carboxylic acids is 1. The van der Waals surface area contributed by atoms with Crippen LogP contribution in [0.2, 0.25) is 0 Å². The molecule has 1 N–H and O–H groups in total. The lowest BCUT2D eigenvalue weighted by Gasteiger charge is -2.35. The first-order valence-corrected chi connectivity index (χ1v) is 6.93. The van der Waals surface area contributed by atoms with Crippen molar-refractivity contribution in [2.45, 2.75) is 71.3 Å².